The molecule has 0 amide bonds. The molecule has 0 saturated heterocycles. The van der Waals surface area contributed by atoms with Crippen molar-refractivity contribution in [2.75, 3.05) is 0 Å². The van der Waals surface area contributed by atoms with E-state index in [1.54, 1.807) is 96.3 Å². The third-order valence-corrected chi connectivity index (χ3v) is 18.1. The van der Waals surface area contributed by atoms with Gasteiger partial charge in [0.05, 0.1) is 17.0 Å². The molecule has 298 valence electrons. The molecule has 0 unspecified atom stereocenters. The summed E-state index contributed by atoms with van der Waals surface area (Å²) in [5, 5.41) is 0. The number of halogens is 2. The van der Waals surface area contributed by atoms with Gasteiger partial charge >= 0.3 is 73.4 Å². The summed E-state index contributed by atoms with van der Waals surface area (Å²) in [6.07, 6.45) is 30.3. The number of imidazole rings is 1. The first-order valence-corrected chi connectivity index (χ1v) is 28.3. The van der Waals surface area contributed by atoms with Crippen LogP contribution in [-0.2, 0) is 13.5 Å². The van der Waals surface area contributed by atoms with Crippen LogP contribution in [0.3, 0.4) is 0 Å². The average molecular weight is 879 g/mol. The molecule has 2 nitrogen and oxygen atoms in total. The van der Waals surface area contributed by atoms with E-state index in [-0.39, 0.29) is 7.92 Å². The molecule has 0 bridgehead atoms. The van der Waals surface area contributed by atoms with Gasteiger partial charge in [-0.1, -0.05) is 33.1 Å². The van der Waals surface area contributed by atoms with Gasteiger partial charge in [-0.15, -0.1) is 0 Å². The third kappa shape index (κ3) is 13.5. The second-order valence-corrected chi connectivity index (χ2v) is 25.1. The Hall–Kier alpha value is -1.63. The number of rotatable bonds is 6. The molecule has 3 aliphatic carbocycles. The molecule has 0 atom stereocenters. The molecule has 6 heteroatoms. The Morgan fingerprint density at radius 3 is 1.20 bits per heavy atom. The van der Waals surface area contributed by atoms with E-state index in [2.05, 4.69) is 93.7 Å². The summed E-state index contributed by atoms with van der Waals surface area (Å²) >= 11 is -1.61. The summed E-state index contributed by atoms with van der Waals surface area (Å²) in [7, 11) is 11.3. The van der Waals surface area contributed by atoms with Crippen LogP contribution in [0, 0.1) is 41.5 Å². The molecular weight excluding hydrogens is 807 g/mol. The van der Waals surface area contributed by atoms with Crippen LogP contribution < -0.4 is 0 Å². The normalized spacial score (nSPS) is 17.0. The molecule has 0 radical (unpaired) electrons. The zero-order valence-electron chi connectivity index (χ0n) is 34.8. The van der Waals surface area contributed by atoms with E-state index in [4.69, 9.17) is 19.4 Å². The zero-order chi connectivity index (χ0) is 39.0. The van der Waals surface area contributed by atoms with Crippen LogP contribution in [0.4, 0.5) is 0 Å². The van der Waals surface area contributed by atoms with E-state index in [1.165, 1.54) is 61.7 Å². The van der Waals surface area contributed by atoms with Crippen molar-refractivity contribution in [2.45, 2.75) is 169 Å². The predicted molar refractivity (Wildman–Crippen MR) is 242 cm³/mol. The molecule has 0 aliphatic heterocycles. The van der Waals surface area contributed by atoms with Crippen molar-refractivity contribution < 1.29 is 13.5 Å². The van der Waals surface area contributed by atoms with E-state index in [0.29, 0.717) is 0 Å². The summed E-state index contributed by atoms with van der Waals surface area (Å²) in [4.78, 5) is 0. The van der Waals surface area contributed by atoms with Crippen molar-refractivity contribution in [3.8, 4) is 11.4 Å². The van der Waals surface area contributed by atoms with Gasteiger partial charge < -0.3 is 0 Å². The van der Waals surface area contributed by atoms with Gasteiger partial charge in [0.1, 0.15) is 23.8 Å². The summed E-state index contributed by atoms with van der Waals surface area (Å²) in [6, 6.07) is 18.9. The van der Waals surface area contributed by atoms with E-state index >= 15 is 0 Å². The quantitative estimate of drug-likeness (QED) is 0.104. The maximum absolute atomic E-state index is 5.67. The van der Waals surface area contributed by atoms with Gasteiger partial charge in [0, 0.05) is 30.2 Å². The second kappa shape index (κ2) is 23.6. The molecule has 3 fully saturated rings. The van der Waals surface area contributed by atoms with Gasteiger partial charge in [0.2, 0.25) is 0 Å². The van der Waals surface area contributed by atoms with E-state index in [1.807, 2.05) is 48.8 Å². The van der Waals surface area contributed by atoms with Crippen LogP contribution >= 0.6 is 27.3 Å². The Morgan fingerprint density at radius 1 is 0.556 bits per heavy atom. The zero-order valence-corrected chi connectivity index (χ0v) is 39.1. The SMILES string of the molecule is C1CCC([PH+](C2CCCCC2)C2CCCCC2)CC1.CC.Cc1cc(C)c(-n2ccn(-c3c(C)cc(C)cc3C)[cH+]2)c(C)c1.[Cl][Ru]([Cl])=[CH]c1ccccc1. The third-order valence-electron chi connectivity index (χ3n) is 11.6. The number of hydrogen-bond acceptors (Lipinski definition) is 0. The molecule has 0 N–H and O–H groups in total. The van der Waals surface area contributed by atoms with Gasteiger partial charge in [-0.2, -0.15) is 0 Å². The fourth-order valence-electron chi connectivity index (χ4n) is 9.70. The minimum absolute atomic E-state index is 0.0465. The topological polar surface area (TPSA) is 9.86 Å². The molecule has 4 aromatic rings. The summed E-state index contributed by atoms with van der Waals surface area (Å²) in [5.74, 6) is 0. The van der Waals surface area contributed by atoms with E-state index in [0.717, 1.165) is 5.56 Å². The number of benzene rings is 3. The number of hydrogen-bond donors (Lipinski definition) is 0. The monoisotopic (exact) mass is 878 g/mol. The number of aryl methyl sites for hydroxylation is 6. The minimum atomic E-state index is -1.61. The summed E-state index contributed by atoms with van der Waals surface area (Å²) < 4.78 is 6.37. The predicted octanol–water partition coefficient (Wildman–Crippen LogP) is 15.4. The molecule has 7 rings (SSSR count). The van der Waals surface area contributed by atoms with Crippen molar-refractivity contribution in [3.05, 3.63) is 112 Å². The van der Waals surface area contributed by atoms with Gasteiger partial charge in [-0.05, 0) is 154 Å². The number of nitrogens with zero attached hydrogens (tertiary/aromatic N) is 2. The van der Waals surface area contributed by atoms with Crippen molar-refractivity contribution in [1.29, 1.82) is 0 Å². The Balaban J connectivity index is 0.000000188. The summed E-state index contributed by atoms with van der Waals surface area (Å²) in [6.45, 7) is 17.0. The average Bonchev–Trinajstić information content (AvgIpc) is 3.62. The molecule has 3 saturated carbocycles. The first-order valence-electron chi connectivity index (χ1n) is 21.1. The fraction of sp³-hybridized carbons (Fsp3) is 0.542. The molecule has 1 aromatic heterocycles. The van der Waals surface area contributed by atoms with E-state index in [9.17, 15) is 0 Å². The van der Waals surface area contributed by atoms with Crippen LogP contribution in [0.1, 0.15) is 149 Å². The fourth-order valence-corrected chi connectivity index (χ4v) is 16.7. The molecule has 3 aromatic carbocycles. The Kier molecular flexibility index (Phi) is 19.7. The second-order valence-electron chi connectivity index (χ2n) is 15.9. The molecular formula is C48H71Cl2N2PRu+2. The van der Waals surface area contributed by atoms with Crippen LogP contribution in [0.15, 0.2) is 73.3 Å². The van der Waals surface area contributed by atoms with Crippen molar-refractivity contribution in [2.24, 2.45) is 0 Å². The molecule has 54 heavy (non-hydrogen) atoms. The van der Waals surface area contributed by atoms with Crippen LogP contribution in [-0.4, -0.2) is 30.7 Å². The first kappa shape index (κ1) is 45.1. The molecule has 1 heterocycles. The Morgan fingerprint density at radius 2 is 0.889 bits per heavy atom. The van der Waals surface area contributed by atoms with Gasteiger partial charge in [0.25, 0.3) is 0 Å². The van der Waals surface area contributed by atoms with Crippen molar-refractivity contribution >= 4 is 31.9 Å². The molecule has 0 spiro atoms. The van der Waals surface area contributed by atoms with Gasteiger partial charge in [-0.25, -0.2) is 9.13 Å². The maximum atomic E-state index is 5.67. The number of aromatic nitrogens is 2. The molecule has 3 aliphatic rings. The summed E-state index contributed by atoms with van der Waals surface area (Å²) in [5.41, 5.74) is 15.2. The van der Waals surface area contributed by atoms with E-state index < -0.39 is 13.5 Å². The van der Waals surface area contributed by atoms with Crippen molar-refractivity contribution in [3.63, 3.8) is 0 Å². The Labute approximate surface area is 344 Å². The van der Waals surface area contributed by atoms with Crippen LogP contribution in [0.2, 0.25) is 0 Å². The van der Waals surface area contributed by atoms with Gasteiger partial charge in [-0.3, -0.25) is 0 Å². The van der Waals surface area contributed by atoms with Gasteiger partial charge in [0.15, 0.2) is 6.33 Å². The first-order chi connectivity index (χ1) is 26.1. The van der Waals surface area contributed by atoms with Crippen molar-refractivity contribution in [1.82, 2.24) is 9.13 Å². The van der Waals surface area contributed by atoms with Crippen LogP contribution in [0.25, 0.3) is 11.4 Å². The van der Waals surface area contributed by atoms with Crippen LogP contribution in [0.5, 0.6) is 0 Å². The Bertz CT molecular complexity index is 1570. The standard InChI is InChI=1S/C21H25N2.C18H33P.C7H6.C2H6.2ClH.Ru/c1-14-9-16(3)20(17(4)10-14)22-7-8-23(13-22)21-18(5)11-15(2)12-19(21)6;1-4-10-16(11-5-1)19(17-12-6-2-7-13-17)18-14-8-3-9-15-18;1-7-5-3-2-4-6-7;1-2;;;/h7-13H,1-6H3;16-18H,1-15H2;1-6H;1-2H3;2*1H;/q+1;;;;;;+2/p-1.